The highest BCUT2D eigenvalue weighted by molar-refractivity contribution is 8.00. The number of hydrogen-bond acceptors (Lipinski definition) is 9. The summed E-state index contributed by atoms with van der Waals surface area (Å²) in [4.78, 5) is 28.8. The van der Waals surface area contributed by atoms with Crippen LogP contribution in [0.2, 0.25) is 0 Å². The fourth-order valence-electron chi connectivity index (χ4n) is 4.41. The second-order valence-corrected chi connectivity index (χ2v) is 11.5. The van der Waals surface area contributed by atoms with Gasteiger partial charge in [-0.25, -0.2) is 23.1 Å². The minimum atomic E-state index is -4.39. The van der Waals surface area contributed by atoms with Crippen molar-refractivity contribution in [2.75, 3.05) is 41.8 Å². The van der Waals surface area contributed by atoms with Gasteiger partial charge in [-0.2, -0.15) is 18.2 Å². The van der Waals surface area contributed by atoms with E-state index in [0.717, 1.165) is 18.6 Å². The monoisotopic (exact) mass is 619 g/mol. The molecule has 0 amide bonds. The molecule has 232 valence electrons. The van der Waals surface area contributed by atoms with Crippen LogP contribution in [0.4, 0.5) is 49.5 Å². The van der Waals surface area contributed by atoms with Gasteiger partial charge in [0.2, 0.25) is 5.95 Å². The molecule has 3 rings (SSSR count). The number of nitrogens with one attached hydrogen (secondary N) is 2. The molecule has 0 saturated heterocycles. The van der Waals surface area contributed by atoms with E-state index in [1.54, 1.807) is 11.9 Å². The van der Waals surface area contributed by atoms with Gasteiger partial charge in [-0.15, -0.1) is 0 Å². The Hall–Kier alpha value is -3.07. The standard InChI is InChI=1S/C27H35F6N7OS/c1-15(2)40(5)25-21(13-34-26(37-25)35-17-6-7-23(39(3)4)18(28)12-17)36-22(14-41)16-10-19(29)24(20(30)11-16)38-42-9-8-27(31,32)33/h10-11,13-15,17-18,23,38H,6-9,12H2,1-5H3,(H,34,35,37)/b36-22+. The summed E-state index contributed by atoms with van der Waals surface area (Å²) in [5.41, 5.74) is -0.971. The third-order valence-corrected chi connectivity index (χ3v) is 7.70. The van der Waals surface area contributed by atoms with Crippen LogP contribution in [0.5, 0.6) is 0 Å². The number of carbonyl (C=O) groups is 1. The van der Waals surface area contributed by atoms with E-state index in [2.05, 4.69) is 25.0 Å². The van der Waals surface area contributed by atoms with E-state index < -0.39 is 41.8 Å². The quantitative estimate of drug-likeness (QED) is 0.0961. The molecule has 1 saturated carbocycles. The predicted octanol–water partition coefficient (Wildman–Crippen LogP) is 6.16. The second-order valence-electron chi connectivity index (χ2n) is 10.6. The highest BCUT2D eigenvalue weighted by atomic mass is 32.2. The lowest BCUT2D eigenvalue weighted by Gasteiger charge is -2.35. The first-order chi connectivity index (χ1) is 19.7. The Balaban J connectivity index is 1.85. The van der Waals surface area contributed by atoms with Gasteiger partial charge in [-0.1, -0.05) is 11.9 Å². The summed E-state index contributed by atoms with van der Waals surface area (Å²) in [6.07, 6.45) is -3.16. The highest BCUT2D eigenvalue weighted by Crippen LogP contribution is 2.32. The second kappa shape index (κ2) is 14.4. The Labute approximate surface area is 245 Å². The Morgan fingerprint density at radius 3 is 2.40 bits per heavy atom. The van der Waals surface area contributed by atoms with Crippen molar-refractivity contribution in [1.82, 2.24) is 14.9 Å². The number of benzene rings is 1. The molecule has 2 N–H and O–H groups in total. The van der Waals surface area contributed by atoms with E-state index in [-0.39, 0.29) is 41.0 Å². The van der Waals surface area contributed by atoms with E-state index in [4.69, 9.17) is 0 Å². The van der Waals surface area contributed by atoms with Crippen LogP contribution in [0.1, 0.15) is 45.1 Å². The van der Waals surface area contributed by atoms with Crippen molar-refractivity contribution >= 4 is 47.1 Å². The minimum absolute atomic E-state index is 0.0535. The largest absolute Gasteiger partial charge is 0.389 e. The number of aldehydes is 1. The van der Waals surface area contributed by atoms with Gasteiger partial charge in [0.1, 0.15) is 23.3 Å². The molecule has 1 aromatic carbocycles. The molecule has 3 unspecified atom stereocenters. The van der Waals surface area contributed by atoms with Gasteiger partial charge in [-0.3, -0.25) is 4.79 Å². The number of carbonyl (C=O) groups excluding carboxylic acids is 1. The zero-order valence-electron chi connectivity index (χ0n) is 24.0. The van der Waals surface area contributed by atoms with Gasteiger partial charge in [0.15, 0.2) is 23.7 Å². The molecule has 1 heterocycles. The molecule has 2 aromatic rings. The third-order valence-electron chi connectivity index (χ3n) is 6.95. The predicted molar refractivity (Wildman–Crippen MR) is 155 cm³/mol. The molecule has 15 heteroatoms. The van der Waals surface area contributed by atoms with Crippen molar-refractivity contribution in [3.8, 4) is 0 Å². The Morgan fingerprint density at radius 2 is 1.86 bits per heavy atom. The lowest BCUT2D eigenvalue weighted by molar-refractivity contribution is -0.129. The topological polar surface area (TPSA) is 85.8 Å². The minimum Gasteiger partial charge on any atom is -0.355 e. The summed E-state index contributed by atoms with van der Waals surface area (Å²) in [5, 5.41) is 3.19. The van der Waals surface area contributed by atoms with Crippen molar-refractivity contribution in [3.63, 3.8) is 0 Å². The third kappa shape index (κ3) is 8.96. The summed E-state index contributed by atoms with van der Waals surface area (Å²) in [6, 6.07) is 1.34. The Morgan fingerprint density at radius 1 is 1.19 bits per heavy atom. The first kappa shape index (κ1) is 33.4. The number of anilines is 3. The summed E-state index contributed by atoms with van der Waals surface area (Å²) >= 11 is 0.506. The SMILES string of the molecule is CC(C)N(C)c1nc(NC2CCC(N(C)C)C(F)C2)ncc1/N=C(\C=O)c1cc(F)c(NSCCC(F)(F)F)c(F)c1. The Bertz CT molecular complexity index is 1240. The lowest BCUT2D eigenvalue weighted by Crippen LogP contribution is -2.44. The first-order valence-corrected chi connectivity index (χ1v) is 14.3. The van der Waals surface area contributed by atoms with E-state index in [0.29, 0.717) is 36.9 Å². The van der Waals surface area contributed by atoms with Gasteiger partial charge in [0.25, 0.3) is 0 Å². The van der Waals surface area contributed by atoms with Crippen molar-refractivity contribution < 1.29 is 31.1 Å². The molecule has 0 spiro atoms. The van der Waals surface area contributed by atoms with Crippen LogP contribution < -0.4 is 14.9 Å². The molecule has 1 aliphatic rings. The van der Waals surface area contributed by atoms with Crippen LogP contribution in [0.15, 0.2) is 23.3 Å². The van der Waals surface area contributed by atoms with Gasteiger partial charge in [0, 0.05) is 42.9 Å². The number of alkyl halides is 4. The molecular weight excluding hydrogens is 584 g/mol. The average molecular weight is 620 g/mol. The Kier molecular flexibility index (Phi) is 11.5. The smallest absolute Gasteiger partial charge is 0.355 e. The number of halogens is 6. The van der Waals surface area contributed by atoms with Gasteiger partial charge in [0.05, 0.1) is 12.6 Å². The fraction of sp³-hybridized carbons (Fsp3) is 0.556. The maximum absolute atomic E-state index is 14.7. The molecule has 1 aromatic heterocycles. The zero-order chi connectivity index (χ0) is 31.2. The molecule has 0 radical (unpaired) electrons. The maximum Gasteiger partial charge on any atom is 0.389 e. The molecule has 1 aliphatic carbocycles. The highest BCUT2D eigenvalue weighted by Gasteiger charge is 2.32. The van der Waals surface area contributed by atoms with Gasteiger partial charge in [-0.05, 0) is 52.9 Å². The van der Waals surface area contributed by atoms with E-state index in [9.17, 15) is 31.1 Å². The summed E-state index contributed by atoms with van der Waals surface area (Å²) in [6.45, 7) is 3.81. The zero-order valence-corrected chi connectivity index (χ0v) is 24.8. The normalized spacial score (nSPS) is 19.7. The molecule has 42 heavy (non-hydrogen) atoms. The first-order valence-electron chi connectivity index (χ1n) is 13.3. The molecular formula is C27H35F6N7OS. The summed E-state index contributed by atoms with van der Waals surface area (Å²) in [7, 11) is 5.46. The van der Waals surface area contributed by atoms with E-state index >= 15 is 0 Å². The molecule has 0 aliphatic heterocycles. The van der Waals surface area contributed by atoms with Crippen molar-refractivity contribution in [2.24, 2.45) is 4.99 Å². The molecule has 3 atom stereocenters. The van der Waals surface area contributed by atoms with Crippen molar-refractivity contribution in [3.05, 3.63) is 35.5 Å². The number of rotatable bonds is 12. The van der Waals surface area contributed by atoms with Crippen LogP contribution in [-0.4, -0.2) is 84.2 Å². The van der Waals surface area contributed by atoms with Gasteiger partial charge < -0.3 is 19.8 Å². The lowest BCUT2D eigenvalue weighted by atomic mass is 9.89. The number of nitrogens with zero attached hydrogens (tertiary/aromatic N) is 5. The van der Waals surface area contributed by atoms with Crippen LogP contribution in [-0.2, 0) is 4.79 Å². The average Bonchev–Trinajstić information content (AvgIpc) is 2.90. The summed E-state index contributed by atoms with van der Waals surface area (Å²) in [5.74, 6) is -2.08. The maximum atomic E-state index is 14.7. The number of aromatic nitrogens is 2. The van der Waals surface area contributed by atoms with Crippen molar-refractivity contribution in [2.45, 2.75) is 70.0 Å². The van der Waals surface area contributed by atoms with Gasteiger partial charge >= 0.3 is 6.18 Å². The van der Waals surface area contributed by atoms with Crippen LogP contribution in [0.25, 0.3) is 0 Å². The van der Waals surface area contributed by atoms with Crippen molar-refractivity contribution in [1.29, 1.82) is 0 Å². The fourth-order valence-corrected chi connectivity index (χ4v) is 5.19. The van der Waals surface area contributed by atoms with Crippen LogP contribution in [0, 0.1) is 11.6 Å². The van der Waals surface area contributed by atoms with Crippen LogP contribution in [0.3, 0.4) is 0 Å². The van der Waals surface area contributed by atoms with E-state index in [1.807, 2.05) is 32.8 Å². The number of hydrogen-bond donors (Lipinski definition) is 2. The summed E-state index contributed by atoms with van der Waals surface area (Å²) < 4.78 is 83.4. The molecule has 8 nitrogen and oxygen atoms in total. The molecule has 1 fully saturated rings. The van der Waals surface area contributed by atoms with E-state index in [1.165, 1.54) is 6.20 Å². The molecule has 0 bridgehead atoms. The van der Waals surface area contributed by atoms with Crippen LogP contribution >= 0.6 is 11.9 Å². The number of aliphatic imine (C=N–C) groups is 1.